The van der Waals surface area contributed by atoms with Gasteiger partial charge in [0.1, 0.15) is 0 Å². The van der Waals surface area contributed by atoms with Gasteiger partial charge in [0.2, 0.25) is 0 Å². The smallest absolute Gasteiger partial charge is 0.338 e. The van der Waals surface area contributed by atoms with Gasteiger partial charge in [-0.3, -0.25) is 9.97 Å². The van der Waals surface area contributed by atoms with Crippen LogP contribution in [0.2, 0.25) is 0 Å². The van der Waals surface area contributed by atoms with E-state index in [4.69, 9.17) is 4.74 Å². The summed E-state index contributed by atoms with van der Waals surface area (Å²) in [6, 6.07) is 7.31. The average Bonchev–Trinajstić information content (AvgIpc) is 2.48. The summed E-state index contributed by atoms with van der Waals surface area (Å²) in [5.41, 5.74) is 3.13. The second-order valence-electron chi connectivity index (χ2n) is 4.05. The molecule has 2 aromatic heterocycles. The van der Waals surface area contributed by atoms with Crippen molar-refractivity contribution in [1.29, 1.82) is 0 Å². The quantitative estimate of drug-likeness (QED) is 0.789. The monoisotopic (exact) mass is 256 g/mol. The van der Waals surface area contributed by atoms with Gasteiger partial charge in [0.25, 0.3) is 0 Å². The van der Waals surface area contributed by atoms with Gasteiger partial charge in [-0.05, 0) is 43.2 Å². The standard InChI is InChI=1S/C15H16N2O2/c1-3-11-5-7-16-13(9-11)14-10-12(6-8-17-14)15(18)19-4-2/h5-10H,3-4H2,1-2H3. The molecule has 0 N–H and O–H groups in total. The van der Waals surface area contributed by atoms with Crippen LogP contribution in [0.1, 0.15) is 29.8 Å². The second-order valence-corrected chi connectivity index (χ2v) is 4.05. The van der Waals surface area contributed by atoms with E-state index in [2.05, 4.69) is 16.9 Å². The van der Waals surface area contributed by atoms with Crippen LogP contribution in [0.3, 0.4) is 0 Å². The first-order valence-corrected chi connectivity index (χ1v) is 6.33. The van der Waals surface area contributed by atoms with Crippen LogP contribution in [0.5, 0.6) is 0 Å². The highest BCUT2D eigenvalue weighted by Gasteiger charge is 2.09. The van der Waals surface area contributed by atoms with E-state index in [0.29, 0.717) is 17.9 Å². The number of hydrogen-bond acceptors (Lipinski definition) is 4. The van der Waals surface area contributed by atoms with Crippen LogP contribution < -0.4 is 0 Å². The van der Waals surface area contributed by atoms with Gasteiger partial charge in [0.15, 0.2) is 0 Å². The highest BCUT2D eigenvalue weighted by atomic mass is 16.5. The molecule has 0 unspecified atom stereocenters. The van der Waals surface area contributed by atoms with Gasteiger partial charge in [-0.2, -0.15) is 0 Å². The molecule has 2 heterocycles. The van der Waals surface area contributed by atoms with E-state index in [1.807, 2.05) is 12.1 Å². The Bertz CT molecular complexity index is 582. The topological polar surface area (TPSA) is 52.1 Å². The lowest BCUT2D eigenvalue weighted by Gasteiger charge is -2.05. The summed E-state index contributed by atoms with van der Waals surface area (Å²) < 4.78 is 4.98. The molecule has 4 heteroatoms. The summed E-state index contributed by atoms with van der Waals surface area (Å²) in [6.45, 7) is 4.23. The van der Waals surface area contributed by atoms with Crippen LogP contribution in [0.15, 0.2) is 36.7 Å². The molecule has 0 amide bonds. The molecule has 98 valence electrons. The number of rotatable bonds is 4. The molecule has 19 heavy (non-hydrogen) atoms. The Hall–Kier alpha value is -2.23. The summed E-state index contributed by atoms with van der Waals surface area (Å²) in [4.78, 5) is 20.2. The molecule has 0 saturated carbocycles. The molecule has 0 aliphatic carbocycles. The molecule has 0 saturated heterocycles. The number of ether oxygens (including phenoxy) is 1. The lowest BCUT2D eigenvalue weighted by atomic mass is 10.1. The minimum atomic E-state index is -0.335. The van der Waals surface area contributed by atoms with Crippen molar-refractivity contribution in [2.45, 2.75) is 20.3 Å². The number of nitrogens with zero attached hydrogens (tertiary/aromatic N) is 2. The van der Waals surface area contributed by atoms with E-state index in [1.165, 1.54) is 5.56 Å². The summed E-state index contributed by atoms with van der Waals surface area (Å²) in [5, 5.41) is 0. The van der Waals surface area contributed by atoms with Crippen LogP contribution in [0, 0.1) is 0 Å². The minimum Gasteiger partial charge on any atom is -0.462 e. The SMILES string of the molecule is CCOC(=O)c1ccnc(-c2cc(CC)ccn2)c1. The summed E-state index contributed by atoms with van der Waals surface area (Å²) in [6.07, 6.45) is 4.29. The second kappa shape index (κ2) is 6.09. The Morgan fingerprint density at radius 1 is 1.11 bits per heavy atom. The molecule has 2 rings (SSSR count). The third-order valence-electron chi connectivity index (χ3n) is 2.77. The Balaban J connectivity index is 2.34. The molecule has 0 aliphatic heterocycles. The zero-order valence-electron chi connectivity index (χ0n) is 11.1. The fourth-order valence-electron chi connectivity index (χ4n) is 1.75. The van der Waals surface area contributed by atoms with Crippen molar-refractivity contribution in [2.75, 3.05) is 6.61 Å². The van der Waals surface area contributed by atoms with Gasteiger partial charge in [0.05, 0.1) is 23.6 Å². The van der Waals surface area contributed by atoms with Crippen molar-refractivity contribution in [3.05, 3.63) is 47.8 Å². The zero-order chi connectivity index (χ0) is 13.7. The molecule has 2 aromatic rings. The number of carbonyl (C=O) groups is 1. The van der Waals surface area contributed by atoms with Crippen LogP contribution in [-0.2, 0) is 11.2 Å². The predicted molar refractivity (Wildman–Crippen MR) is 72.8 cm³/mol. The summed E-state index contributed by atoms with van der Waals surface area (Å²) >= 11 is 0. The molecule has 0 bridgehead atoms. The van der Waals surface area contributed by atoms with Gasteiger partial charge in [-0.25, -0.2) is 4.79 Å². The van der Waals surface area contributed by atoms with Gasteiger partial charge >= 0.3 is 5.97 Å². The highest BCUT2D eigenvalue weighted by molar-refractivity contribution is 5.90. The lowest BCUT2D eigenvalue weighted by Crippen LogP contribution is -2.05. The van der Waals surface area contributed by atoms with Gasteiger partial charge in [-0.1, -0.05) is 6.92 Å². The summed E-state index contributed by atoms with van der Waals surface area (Å²) in [7, 11) is 0. The van der Waals surface area contributed by atoms with Crippen molar-refractivity contribution < 1.29 is 9.53 Å². The van der Waals surface area contributed by atoms with E-state index in [1.54, 1.807) is 31.5 Å². The first-order valence-electron chi connectivity index (χ1n) is 6.33. The number of aryl methyl sites for hydroxylation is 1. The molecule has 0 radical (unpaired) electrons. The van der Waals surface area contributed by atoms with Gasteiger partial charge in [-0.15, -0.1) is 0 Å². The molecule has 0 fully saturated rings. The average molecular weight is 256 g/mol. The molecule has 0 spiro atoms. The normalized spacial score (nSPS) is 10.2. The maximum absolute atomic E-state index is 11.7. The van der Waals surface area contributed by atoms with E-state index < -0.39 is 0 Å². The number of pyridine rings is 2. The van der Waals surface area contributed by atoms with Crippen molar-refractivity contribution in [2.24, 2.45) is 0 Å². The first-order chi connectivity index (χ1) is 9.24. The highest BCUT2D eigenvalue weighted by Crippen LogP contribution is 2.17. The third kappa shape index (κ3) is 3.16. The van der Waals surface area contributed by atoms with Crippen LogP contribution in [0.25, 0.3) is 11.4 Å². The predicted octanol–water partition coefficient (Wildman–Crippen LogP) is 2.88. The Morgan fingerprint density at radius 3 is 2.47 bits per heavy atom. The minimum absolute atomic E-state index is 0.335. The van der Waals surface area contributed by atoms with Crippen molar-refractivity contribution in [3.8, 4) is 11.4 Å². The number of carbonyl (C=O) groups excluding carboxylic acids is 1. The van der Waals surface area contributed by atoms with E-state index in [0.717, 1.165) is 12.1 Å². The Kier molecular flexibility index (Phi) is 4.23. The van der Waals surface area contributed by atoms with Crippen molar-refractivity contribution >= 4 is 5.97 Å². The maximum Gasteiger partial charge on any atom is 0.338 e. The van der Waals surface area contributed by atoms with E-state index >= 15 is 0 Å². The molecular formula is C15H16N2O2. The number of aromatic nitrogens is 2. The van der Waals surface area contributed by atoms with E-state index in [-0.39, 0.29) is 5.97 Å². The fourth-order valence-corrected chi connectivity index (χ4v) is 1.75. The molecule has 0 aromatic carbocycles. The number of hydrogen-bond donors (Lipinski definition) is 0. The fraction of sp³-hybridized carbons (Fsp3) is 0.267. The van der Waals surface area contributed by atoms with Crippen LogP contribution in [-0.4, -0.2) is 22.5 Å². The third-order valence-corrected chi connectivity index (χ3v) is 2.77. The van der Waals surface area contributed by atoms with E-state index in [9.17, 15) is 4.79 Å². The Labute approximate surface area is 112 Å². The van der Waals surface area contributed by atoms with Gasteiger partial charge in [0, 0.05) is 12.4 Å². The van der Waals surface area contributed by atoms with Crippen molar-refractivity contribution in [3.63, 3.8) is 0 Å². The van der Waals surface area contributed by atoms with Gasteiger partial charge < -0.3 is 4.74 Å². The number of esters is 1. The largest absolute Gasteiger partial charge is 0.462 e. The lowest BCUT2D eigenvalue weighted by molar-refractivity contribution is 0.0526. The van der Waals surface area contributed by atoms with Crippen LogP contribution in [0.4, 0.5) is 0 Å². The molecule has 0 aliphatic rings. The first kappa shape index (κ1) is 13.2. The summed E-state index contributed by atoms with van der Waals surface area (Å²) in [5.74, 6) is -0.335. The van der Waals surface area contributed by atoms with Crippen LogP contribution >= 0.6 is 0 Å². The molecule has 0 atom stereocenters. The Morgan fingerprint density at radius 2 is 1.79 bits per heavy atom. The van der Waals surface area contributed by atoms with Crippen molar-refractivity contribution in [1.82, 2.24) is 9.97 Å². The molecule has 4 nitrogen and oxygen atoms in total. The maximum atomic E-state index is 11.7. The molecular weight excluding hydrogens is 240 g/mol. The zero-order valence-corrected chi connectivity index (χ0v) is 11.1.